The Hall–Kier alpha value is -4.71. The first-order valence-electron chi connectivity index (χ1n) is 16.6. The van der Waals surface area contributed by atoms with Gasteiger partial charge in [-0.3, -0.25) is 0 Å². The van der Waals surface area contributed by atoms with E-state index in [4.69, 9.17) is 0 Å². The molecule has 4 heterocycles. The summed E-state index contributed by atoms with van der Waals surface area (Å²) < 4.78 is 2.55. The molecule has 5 heteroatoms. The zero-order valence-electron chi connectivity index (χ0n) is 28.0. The van der Waals surface area contributed by atoms with Crippen molar-refractivity contribution in [2.24, 2.45) is 0 Å². The molecule has 1 fully saturated rings. The molecule has 47 heavy (non-hydrogen) atoms. The van der Waals surface area contributed by atoms with Crippen molar-refractivity contribution in [3.8, 4) is 38.7 Å². The molecule has 0 atom stereocenters. The van der Waals surface area contributed by atoms with Crippen LogP contribution in [-0.2, 0) is 16.2 Å². The Morgan fingerprint density at radius 2 is 1.38 bits per heavy atom. The maximum absolute atomic E-state index is 9.90. The molecule has 232 valence electrons. The smallest absolute Gasteiger partial charge is 0.142 e. The Morgan fingerprint density at radius 1 is 0.745 bits per heavy atom. The van der Waals surface area contributed by atoms with Gasteiger partial charge in [0.15, 0.2) is 0 Å². The van der Waals surface area contributed by atoms with Crippen molar-refractivity contribution < 1.29 is 0 Å². The second kappa shape index (κ2) is 10.1. The third-order valence-electron chi connectivity index (χ3n) is 10.5. The zero-order chi connectivity index (χ0) is 32.9. The molecular formula is C42H38N4S. The topological polar surface area (TPSA) is 65.4 Å². The monoisotopic (exact) mass is 630 g/mol. The quantitative estimate of drug-likeness (QED) is 0.191. The van der Waals surface area contributed by atoms with Crippen LogP contribution in [0.4, 0.5) is 0 Å². The number of pyridine rings is 1. The Kier molecular flexibility index (Phi) is 6.40. The fraction of sp³-hybridized carbons (Fsp3) is 0.310. The largest absolute Gasteiger partial charge is 0.300 e. The Labute approximate surface area is 280 Å². The van der Waals surface area contributed by atoms with E-state index in [-0.39, 0.29) is 27.6 Å². The fourth-order valence-corrected chi connectivity index (χ4v) is 9.57. The predicted octanol–water partition coefficient (Wildman–Crippen LogP) is 11.1. The van der Waals surface area contributed by atoms with Crippen LogP contribution in [0.15, 0.2) is 72.8 Å². The molecule has 0 amide bonds. The number of nitrogens with zero attached hydrogens (tertiary/aromatic N) is 4. The Balaban J connectivity index is 1.59. The lowest BCUT2D eigenvalue weighted by Crippen LogP contribution is -2.30. The van der Waals surface area contributed by atoms with Crippen molar-refractivity contribution in [3.05, 3.63) is 106 Å². The fourth-order valence-electron chi connectivity index (χ4n) is 8.14. The molecule has 3 aromatic heterocycles. The molecular weight excluding hydrogens is 593 g/mol. The van der Waals surface area contributed by atoms with Gasteiger partial charge in [-0.05, 0) is 81.8 Å². The third kappa shape index (κ3) is 4.33. The number of hydrogen-bond donors (Lipinski definition) is 0. The van der Waals surface area contributed by atoms with Gasteiger partial charge in [0.1, 0.15) is 28.5 Å². The van der Waals surface area contributed by atoms with Crippen LogP contribution >= 0.6 is 11.3 Å². The molecule has 0 radical (unpaired) electrons. The molecule has 6 aromatic rings. The molecule has 2 aliphatic rings. The highest BCUT2D eigenvalue weighted by Crippen LogP contribution is 2.62. The summed E-state index contributed by atoms with van der Waals surface area (Å²) in [5, 5.41) is 23.7. The van der Waals surface area contributed by atoms with E-state index in [2.05, 4.69) is 124 Å². The van der Waals surface area contributed by atoms with Gasteiger partial charge in [0.2, 0.25) is 0 Å². The highest BCUT2D eigenvalue weighted by atomic mass is 32.1. The minimum atomic E-state index is -0.144. The first-order valence-corrected chi connectivity index (χ1v) is 17.5. The van der Waals surface area contributed by atoms with Crippen molar-refractivity contribution in [1.82, 2.24) is 9.55 Å². The highest BCUT2D eigenvalue weighted by molar-refractivity contribution is 7.19. The van der Waals surface area contributed by atoms with Gasteiger partial charge in [0, 0.05) is 32.2 Å². The average Bonchev–Trinajstić information content (AvgIpc) is 3.78. The van der Waals surface area contributed by atoms with E-state index < -0.39 is 0 Å². The number of benzene rings is 3. The molecule has 1 spiro atoms. The van der Waals surface area contributed by atoms with E-state index in [9.17, 15) is 10.5 Å². The third-order valence-corrected chi connectivity index (χ3v) is 11.7. The maximum atomic E-state index is 9.90. The van der Waals surface area contributed by atoms with Crippen LogP contribution in [0.1, 0.15) is 101 Å². The highest BCUT2D eigenvalue weighted by Gasteiger charge is 2.48. The molecule has 1 aliphatic carbocycles. The van der Waals surface area contributed by atoms with Crippen LogP contribution < -0.4 is 0 Å². The lowest BCUT2D eigenvalue weighted by molar-refractivity contribution is 0.528. The second-order valence-corrected chi connectivity index (χ2v) is 16.5. The molecule has 0 bridgehead atoms. The minimum Gasteiger partial charge on any atom is -0.300 e. The summed E-state index contributed by atoms with van der Waals surface area (Å²) in [6.45, 7) is 13.9. The average molecular weight is 631 g/mol. The maximum Gasteiger partial charge on any atom is 0.142 e. The van der Waals surface area contributed by atoms with E-state index in [0.717, 1.165) is 23.3 Å². The van der Waals surface area contributed by atoms with Crippen molar-refractivity contribution >= 4 is 33.1 Å². The molecule has 1 saturated carbocycles. The van der Waals surface area contributed by atoms with Crippen LogP contribution in [0, 0.1) is 22.7 Å². The lowest BCUT2D eigenvalue weighted by Gasteiger charge is -2.38. The van der Waals surface area contributed by atoms with Crippen LogP contribution in [0.2, 0.25) is 0 Å². The number of hydrogen-bond acceptors (Lipinski definition) is 4. The minimum absolute atomic E-state index is 0.0126. The van der Waals surface area contributed by atoms with E-state index >= 15 is 0 Å². The predicted molar refractivity (Wildman–Crippen MR) is 193 cm³/mol. The van der Waals surface area contributed by atoms with Crippen LogP contribution in [0.25, 0.3) is 48.4 Å². The summed E-state index contributed by atoms with van der Waals surface area (Å²) in [4.78, 5) is 5.38. The molecule has 4 nitrogen and oxygen atoms in total. The van der Waals surface area contributed by atoms with Gasteiger partial charge in [-0.15, -0.1) is 11.3 Å². The van der Waals surface area contributed by atoms with E-state index in [1.165, 1.54) is 73.0 Å². The molecule has 8 rings (SSSR count). The van der Waals surface area contributed by atoms with E-state index in [1.54, 1.807) is 11.3 Å². The van der Waals surface area contributed by atoms with E-state index in [1.807, 2.05) is 12.1 Å². The van der Waals surface area contributed by atoms with Gasteiger partial charge in [0.05, 0.1) is 11.0 Å². The lowest BCUT2D eigenvalue weighted by atomic mass is 9.68. The van der Waals surface area contributed by atoms with Crippen molar-refractivity contribution in [2.45, 2.75) is 83.5 Å². The molecule has 3 aromatic carbocycles. The molecule has 0 unspecified atom stereocenters. The summed E-state index contributed by atoms with van der Waals surface area (Å²) in [6.07, 6.45) is 4.55. The summed E-state index contributed by atoms with van der Waals surface area (Å²) in [7, 11) is 0. The second-order valence-electron chi connectivity index (χ2n) is 15.5. The van der Waals surface area contributed by atoms with Crippen molar-refractivity contribution in [2.75, 3.05) is 0 Å². The molecule has 0 saturated heterocycles. The number of thiophene rings is 1. The summed E-state index contributed by atoms with van der Waals surface area (Å²) in [5.74, 6) is 0. The number of rotatable bonds is 2. The Bertz CT molecular complexity index is 2300. The van der Waals surface area contributed by atoms with Crippen LogP contribution in [0.3, 0.4) is 0 Å². The van der Waals surface area contributed by atoms with Crippen molar-refractivity contribution in [3.63, 3.8) is 0 Å². The normalized spacial score (nSPS) is 15.2. The van der Waals surface area contributed by atoms with Gasteiger partial charge >= 0.3 is 0 Å². The van der Waals surface area contributed by atoms with Crippen LogP contribution in [-0.4, -0.2) is 9.55 Å². The van der Waals surface area contributed by atoms with Crippen LogP contribution in [0.5, 0.6) is 0 Å². The van der Waals surface area contributed by atoms with Crippen molar-refractivity contribution in [1.29, 1.82) is 10.5 Å². The zero-order valence-corrected chi connectivity index (χ0v) is 28.8. The van der Waals surface area contributed by atoms with Gasteiger partial charge in [-0.1, -0.05) is 96.8 Å². The number of aromatic nitrogens is 2. The SMILES string of the molecule is CC(C)(C)c1ccc2c(c1)c1cc(C(C)(C)C)cc3c1n2-c1sc(-c2cc(C#N)nc(C#N)c2)c(-c2ccccc2)c1C31CCCC1. The summed E-state index contributed by atoms with van der Waals surface area (Å²) in [5.41, 5.74) is 11.8. The Morgan fingerprint density at radius 3 is 2.00 bits per heavy atom. The van der Waals surface area contributed by atoms with Gasteiger partial charge < -0.3 is 4.57 Å². The molecule has 1 aliphatic heterocycles. The number of fused-ring (bicyclic) bond motifs is 7. The van der Waals surface area contributed by atoms with Gasteiger partial charge in [-0.25, -0.2) is 4.98 Å². The summed E-state index contributed by atoms with van der Waals surface area (Å²) in [6, 6.07) is 30.9. The first kappa shape index (κ1) is 29.7. The van der Waals surface area contributed by atoms with Gasteiger partial charge in [0.25, 0.3) is 0 Å². The standard InChI is InChI=1S/C42H38N4S/c1-40(2,3)27-14-15-34-31(20-27)32-21-28(41(4,5)6)22-33-37(32)46(34)39-36(42(33)16-10-11-17-42)35(25-12-8-7-9-13-25)38(47-39)26-18-29(23-43)45-30(19-26)24-44/h7-9,12-15,18-22H,10-11,16-17H2,1-6H3. The first-order chi connectivity index (χ1) is 22.4. The summed E-state index contributed by atoms with van der Waals surface area (Å²) >= 11 is 1.80. The molecule has 0 N–H and O–H groups in total. The van der Waals surface area contributed by atoms with E-state index in [0.29, 0.717) is 0 Å². The van der Waals surface area contributed by atoms with Gasteiger partial charge in [-0.2, -0.15) is 10.5 Å². The number of nitriles is 2.